The average Bonchev–Trinajstić information content (AvgIpc) is 3.36. The number of fused-ring (bicyclic) bond motifs is 5. The lowest BCUT2D eigenvalue weighted by molar-refractivity contribution is -0.122. The van der Waals surface area contributed by atoms with Crippen molar-refractivity contribution < 1.29 is 19.1 Å². The highest BCUT2D eigenvalue weighted by Crippen LogP contribution is 2.41. The van der Waals surface area contributed by atoms with Crippen LogP contribution in [0.5, 0.6) is 0 Å². The molecular formula is C28H37N7O4. The third-order valence-corrected chi connectivity index (χ3v) is 6.47. The van der Waals surface area contributed by atoms with Crippen molar-refractivity contribution in [3.8, 4) is 22.5 Å². The molecule has 2 amide bonds. The molecule has 0 saturated heterocycles. The maximum atomic E-state index is 13.6. The molecule has 1 aliphatic rings. The van der Waals surface area contributed by atoms with Crippen LogP contribution in [-0.4, -0.2) is 79.9 Å². The van der Waals surface area contributed by atoms with Crippen molar-refractivity contribution >= 4 is 17.5 Å². The van der Waals surface area contributed by atoms with Crippen molar-refractivity contribution in [3.63, 3.8) is 0 Å². The van der Waals surface area contributed by atoms with Gasteiger partial charge >= 0.3 is 0 Å². The van der Waals surface area contributed by atoms with E-state index in [9.17, 15) is 9.59 Å². The summed E-state index contributed by atoms with van der Waals surface area (Å²) in [6.45, 7) is 4.45. The lowest BCUT2D eigenvalue weighted by Gasteiger charge is -2.29. The van der Waals surface area contributed by atoms with E-state index in [0.717, 1.165) is 40.3 Å². The van der Waals surface area contributed by atoms with Gasteiger partial charge < -0.3 is 30.7 Å². The van der Waals surface area contributed by atoms with Gasteiger partial charge in [0.05, 0.1) is 44.3 Å². The third kappa shape index (κ3) is 7.27. The zero-order valence-electron chi connectivity index (χ0n) is 22.4. The van der Waals surface area contributed by atoms with Crippen molar-refractivity contribution in [2.24, 2.45) is 5.73 Å². The highest BCUT2D eigenvalue weighted by Gasteiger charge is 2.28. The summed E-state index contributed by atoms with van der Waals surface area (Å²) in [5.41, 5.74) is 10.9. The predicted molar refractivity (Wildman–Crippen MR) is 149 cm³/mol. The topological polar surface area (TPSA) is 137 Å². The Hall–Kier alpha value is -3.64. The molecule has 0 fully saturated rings. The minimum atomic E-state index is -0.151. The summed E-state index contributed by atoms with van der Waals surface area (Å²) in [4.78, 5) is 27.6. The van der Waals surface area contributed by atoms with Crippen LogP contribution in [0.1, 0.15) is 18.4 Å². The number of carbonyl (C=O) groups is 2. The van der Waals surface area contributed by atoms with E-state index in [2.05, 4.69) is 20.9 Å². The molecule has 0 unspecified atom stereocenters. The molecule has 4 N–H and O–H groups in total. The summed E-state index contributed by atoms with van der Waals surface area (Å²) in [6, 6.07) is 15.8. The van der Waals surface area contributed by atoms with Gasteiger partial charge in [-0.2, -0.15) is 0 Å². The molecule has 0 atom stereocenters. The van der Waals surface area contributed by atoms with Crippen molar-refractivity contribution in [1.82, 2.24) is 25.6 Å². The van der Waals surface area contributed by atoms with E-state index >= 15 is 0 Å². The number of benzene rings is 2. The first-order valence-electron chi connectivity index (χ1n) is 13.3. The van der Waals surface area contributed by atoms with Crippen LogP contribution >= 0.6 is 0 Å². The van der Waals surface area contributed by atoms with Crippen molar-refractivity contribution in [2.75, 3.05) is 58.0 Å². The number of rotatable bonds is 14. The number of aromatic nitrogens is 3. The summed E-state index contributed by atoms with van der Waals surface area (Å²) in [5, 5.41) is 15.2. The van der Waals surface area contributed by atoms with Crippen molar-refractivity contribution in [3.05, 3.63) is 54.1 Å². The van der Waals surface area contributed by atoms with E-state index in [1.165, 1.54) is 0 Å². The van der Waals surface area contributed by atoms with E-state index in [0.29, 0.717) is 46.0 Å². The highest BCUT2D eigenvalue weighted by molar-refractivity contribution is 6.00. The molecule has 0 aliphatic carbocycles. The maximum absolute atomic E-state index is 13.6. The molecule has 1 aliphatic heterocycles. The largest absolute Gasteiger partial charge is 0.382 e. The van der Waals surface area contributed by atoms with Crippen LogP contribution in [0, 0.1) is 0 Å². The van der Waals surface area contributed by atoms with Crippen molar-refractivity contribution in [2.45, 2.75) is 25.9 Å². The van der Waals surface area contributed by atoms with Crippen LogP contribution in [0.2, 0.25) is 0 Å². The Morgan fingerprint density at radius 2 is 1.77 bits per heavy atom. The smallest absolute Gasteiger partial charge is 0.229 e. The van der Waals surface area contributed by atoms with E-state index in [4.69, 9.17) is 15.2 Å². The second-order valence-electron chi connectivity index (χ2n) is 9.16. The Kier molecular flexibility index (Phi) is 10.5. The standard InChI is InChI=1S/C28H37N7O4/c1-38-18-19-39-17-11-25(36)31-13-10-26(37)34-20-21-6-2-3-7-22(21)27-28(23-8-4-5-9-24(23)34)35(33-32-27)16-15-30-14-12-29/h2-9,30H,10-20,29H2,1H3,(H,31,36). The molecule has 0 saturated carbocycles. The van der Waals surface area contributed by atoms with Gasteiger partial charge in [0, 0.05) is 57.3 Å². The van der Waals surface area contributed by atoms with Crippen LogP contribution in [-0.2, 0) is 32.2 Å². The number of nitrogens with one attached hydrogen (secondary N) is 2. The summed E-state index contributed by atoms with van der Waals surface area (Å²) < 4.78 is 12.2. The number of nitrogens with two attached hydrogens (primary N) is 1. The van der Waals surface area contributed by atoms with E-state index in [1.54, 1.807) is 12.0 Å². The molecule has 11 heteroatoms. The van der Waals surface area contributed by atoms with E-state index in [-0.39, 0.29) is 31.2 Å². The Bertz CT molecular complexity index is 1250. The van der Waals surface area contributed by atoms with Gasteiger partial charge in [-0.3, -0.25) is 9.59 Å². The quantitative estimate of drug-likeness (QED) is 0.265. The zero-order valence-corrected chi connectivity index (χ0v) is 22.4. The monoisotopic (exact) mass is 535 g/mol. The molecule has 0 radical (unpaired) electrons. The lowest BCUT2D eigenvalue weighted by atomic mass is 9.95. The number of methoxy groups -OCH3 is 1. The Morgan fingerprint density at radius 3 is 2.59 bits per heavy atom. The second kappa shape index (κ2) is 14.5. The molecule has 39 heavy (non-hydrogen) atoms. The van der Waals surface area contributed by atoms with Crippen molar-refractivity contribution in [1.29, 1.82) is 0 Å². The maximum Gasteiger partial charge on any atom is 0.229 e. The predicted octanol–water partition coefficient (Wildman–Crippen LogP) is 1.57. The minimum Gasteiger partial charge on any atom is -0.382 e. The first-order chi connectivity index (χ1) is 19.1. The molecule has 11 nitrogen and oxygen atoms in total. The molecule has 208 valence electrons. The molecule has 2 aromatic carbocycles. The molecule has 2 heterocycles. The van der Waals surface area contributed by atoms with E-state index in [1.807, 2.05) is 53.2 Å². The van der Waals surface area contributed by atoms with Gasteiger partial charge in [-0.1, -0.05) is 47.7 Å². The fourth-order valence-corrected chi connectivity index (χ4v) is 4.55. The second-order valence-corrected chi connectivity index (χ2v) is 9.16. The molecule has 3 aromatic rings. The van der Waals surface area contributed by atoms with Gasteiger partial charge in [-0.25, -0.2) is 4.68 Å². The fourth-order valence-electron chi connectivity index (χ4n) is 4.55. The summed E-state index contributed by atoms with van der Waals surface area (Å²) in [7, 11) is 1.60. The highest BCUT2D eigenvalue weighted by atomic mass is 16.5. The summed E-state index contributed by atoms with van der Waals surface area (Å²) in [5.74, 6) is -0.234. The Morgan fingerprint density at radius 1 is 0.974 bits per heavy atom. The molecule has 1 aromatic heterocycles. The molecule has 4 rings (SSSR count). The number of hydrogen-bond acceptors (Lipinski definition) is 8. The van der Waals surface area contributed by atoms with Gasteiger partial charge in [0.25, 0.3) is 0 Å². The molecule has 0 spiro atoms. The SMILES string of the molecule is COCCOCCC(=O)NCCC(=O)N1Cc2ccccc2-c2nnn(CCNCCN)c2-c2ccccc21. The number of anilines is 1. The number of hydrogen-bond donors (Lipinski definition) is 3. The average molecular weight is 536 g/mol. The normalized spacial score (nSPS) is 12.2. The first-order valence-corrected chi connectivity index (χ1v) is 13.3. The molecular weight excluding hydrogens is 498 g/mol. The van der Waals surface area contributed by atoms with Crippen LogP contribution < -0.4 is 21.3 Å². The molecule has 0 bridgehead atoms. The number of ether oxygens (including phenoxy) is 2. The van der Waals surface area contributed by atoms with Gasteiger partial charge in [-0.15, -0.1) is 5.10 Å². The van der Waals surface area contributed by atoms with Crippen LogP contribution in [0.25, 0.3) is 22.5 Å². The van der Waals surface area contributed by atoms with Crippen LogP contribution in [0.4, 0.5) is 5.69 Å². The summed E-state index contributed by atoms with van der Waals surface area (Å²) >= 11 is 0. The number of carbonyl (C=O) groups excluding carboxylic acids is 2. The zero-order chi connectivity index (χ0) is 27.5. The number of nitrogens with zero attached hydrogens (tertiary/aromatic N) is 4. The Labute approximate surface area is 228 Å². The third-order valence-electron chi connectivity index (χ3n) is 6.47. The summed E-state index contributed by atoms with van der Waals surface area (Å²) in [6.07, 6.45) is 0.401. The van der Waals surface area contributed by atoms with Gasteiger partial charge in [0.15, 0.2) is 0 Å². The van der Waals surface area contributed by atoms with Crippen LogP contribution in [0.3, 0.4) is 0 Å². The number of para-hydroxylation sites is 1. The number of amides is 2. The lowest BCUT2D eigenvalue weighted by Crippen LogP contribution is -2.35. The Balaban J connectivity index is 1.54. The van der Waals surface area contributed by atoms with Gasteiger partial charge in [-0.05, 0) is 11.6 Å². The minimum absolute atomic E-state index is 0.0824. The fraction of sp³-hybridized carbons (Fsp3) is 0.429. The van der Waals surface area contributed by atoms with Gasteiger partial charge in [0.1, 0.15) is 5.69 Å². The first kappa shape index (κ1) is 28.4. The van der Waals surface area contributed by atoms with E-state index < -0.39 is 0 Å². The van der Waals surface area contributed by atoms with Crippen LogP contribution in [0.15, 0.2) is 48.5 Å². The van der Waals surface area contributed by atoms with Gasteiger partial charge in [0.2, 0.25) is 11.8 Å².